The predicted molar refractivity (Wildman–Crippen MR) is 154 cm³/mol. The summed E-state index contributed by atoms with van der Waals surface area (Å²) in [5.74, 6) is -0.767. The molecular weight excluding hydrogens is 518 g/mol. The zero-order valence-electron chi connectivity index (χ0n) is 22.5. The molecule has 2 amide bonds. The van der Waals surface area contributed by atoms with E-state index in [1.54, 1.807) is 36.4 Å². The molecular formula is C29H35N3O4S2. The van der Waals surface area contributed by atoms with Gasteiger partial charge in [0.1, 0.15) is 12.6 Å². The maximum Gasteiger partial charge on any atom is 0.264 e. The number of carbonyl (C=O) groups is 2. The SMILES string of the molecule is CCC(C(=O)NC)N(Cc1ccc(C)cc1)C(=O)CN(c1ccc(C)cc1)S(=O)(=O)c1ccc(SC)cc1. The number of hydrogen-bond acceptors (Lipinski definition) is 5. The van der Waals surface area contributed by atoms with Gasteiger partial charge in [-0.05, 0) is 68.5 Å². The number of nitrogens with zero attached hydrogens (tertiary/aromatic N) is 2. The Kier molecular flexibility index (Phi) is 9.99. The lowest BCUT2D eigenvalue weighted by Crippen LogP contribution is -2.51. The summed E-state index contributed by atoms with van der Waals surface area (Å²) in [6.45, 7) is 5.44. The van der Waals surface area contributed by atoms with E-state index in [9.17, 15) is 18.0 Å². The maximum atomic E-state index is 13.9. The first-order chi connectivity index (χ1) is 18.1. The summed E-state index contributed by atoms with van der Waals surface area (Å²) in [6.07, 6.45) is 2.30. The van der Waals surface area contributed by atoms with Crippen LogP contribution in [0.2, 0.25) is 0 Å². The van der Waals surface area contributed by atoms with Gasteiger partial charge in [0, 0.05) is 18.5 Å². The Morgan fingerprint density at radius 2 is 1.45 bits per heavy atom. The van der Waals surface area contributed by atoms with Gasteiger partial charge >= 0.3 is 0 Å². The minimum absolute atomic E-state index is 0.0899. The number of anilines is 1. The minimum Gasteiger partial charge on any atom is -0.357 e. The molecule has 0 bridgehead atoms. The van der Waals surface area contributed by atoms with Gasteiger partial charge in [-0.3, -0.25) is 13.9 Å². The summed E-state index contributed by atoms with van der Waals surface area (Å²) >= 11 is 1.51. The molecule has 3 aromatic rings. The van der Waals surface area contributed by atoms with E-state index >= 15 is 0 Å². The first-order valence-electron chi connectivity index (χ1n) is 12.4. The number of nitrogens with one attached hydrogen (secondary N) is 1. The van der Waals surface area contributed by atoms with Crippen molar-refractivity contribution in [3.8, 4) is 0 Å². The molecule has 0 saturated carbocycles. The topological polar surface area (TPSA) is 86.8 Å². The second kappa shape index (κ2) is 13.0. The summed E-state index contributed by atoms with van der Waals surface area (Å²) in [4.78, 5) is 29.2. The third kappa shape index (κ3) is 6.96. The first-order valence-corrected chi connectivity index (χ1v) is 15.1. The molecule has 0 aliphatic rings. The molecule has 7 nitrogen and oxygen atoms in total. The van der Waals surface area contributed by atoms with Crippen molar-refractivity contribution in [2.75, 3.05) is 24.2 Å². The number of hydrogen-bond donors (Lipinski definition) is 1. The molecule has 0 spiro atoms. The van der Waals surface area contributed by atoms with Crippen LogP contribution in [0.5, 0.6) is 0 Å². The Bertz CT molecular complexity index is 1340. The molecule has 1 N–H and O–H groups in total. The second-order valence-electron chi connectivity index (χ2n) is 9.07. The van der Waals surface area contributed by atoms with Crippen LogP contribution in [0.4, 0.5) is 5.69 Å². The van der Waals surface area contributed by atoms with Crippen molar-refractivity contribution >= 4 is 39.3 Å². The van der Waals surface area contributed by atoms with Crippen LogP contribution in [0.3, 0.4) is 0 Å². The molecule has 0 saturated heterocycles. The molecule has 0 fully saturated rings. The molecule has 3 rings (SSSR count). The van der Waals surface area contributed by atoms with Gasteiger partial charge in [0.2, 0.25) is 11.8 Å². The van der Waals surface area contributed by atoms with E-state index in [0.717, 1.165) is 25.9 Å². The molecule has 1 unspecified atom stereocenters. The molecule has 3 aromatic carbocycles. The number of aryl methyl sites for hydroxylation is 2. The summed E-state index contributed by atoms with van der Waals surface area (Å²) in [5, 5.41) is 2.64. The Morgan fingerprint density at radius 1 is 0.895 bits per heavy atom. The van der Waals surface area contributed by atoms with E-state index in [4.69, 9.17) is 0 Å². The largest absolute Gasteiger partial charge is 0.357 e. The molecule has 0 aromatic heterocycles. The highest BCUT2D eigenvalue weighted by atomic mass is 32.2. The highest BCUT2D eigenvalue weighted by Crippen LogP contribution is 2.26. The smallest absolute Gasteiger partial charge is 0.264 e. The van der Waals surface area contributed by atoms with Crippen molar-refractivity contribution in [3.05, 3.63) is 89.5 Å². The molecule has 9 heteroatoms. The van der Waals surface area contributed by atoms with E-state index in [0.29, 0.717) is 12.1 Å². The zero-order chi connectivity index (χ0) is 27.9. The predicted octanol–water partition coefficient (Wildman–Crippen LogP) is 4.77. The summed E-state index contributed by atoms with van der Waals surface area (Å²) < 4.78 is 28.9. The van der Waals surface area contributed by atoms with Crippen molar-refractivity contribution in [1.29, 1.82) is 0 Å². The van der Waals surface area contributed by atoms with Crippen LogP contribution in [0.1, 0.15) is 30.0 Å². The molecule has 0 aliphatic carbocycles. The molecule has 38 heavy (non-hydrogen) atoms. The summed E-state index contributed by atoms with van der Waals surface area (Å²) in [5.41, 5.74) is 3.27. The molecule has 0 radical (unpaired) electrons. The summed E-state index contributed by atoms with van der Waals surface area (Å²) in [6, 6.07) is 20.6. The number of amides is 2. The fraction of sp³-hybridized carbons (Fsp3) is 0.310. The van der Waals surface area contributed by atoms with Gasteiger partial charge in [-0.1, -0.05) is 54.4 Å². The van der Waals surface area contributed by atoms with Crippen LogP contribution < -0.4 is 9.62 Å². The van der Waals surface area contributed by atoms with Gasteiger partial charge in [-0.15, -0.1) is 11.8 Å². The maximum absolute atomic E-state index is 13.9. The minimum atomic E-state index is -4.08. The first kappa shape index (κ1) is 29.3. The number of rotatable bonds is 11. The lowest BCUT2D eigenvalue weighted by molar-refractivity contribution is -0.140. The van der Waals surface area contributed by atoms with Gasteiger partial charge < -0.3 is 10.2 Å². The van der Waals surface area contributed by atoms with Gasteiger partial charge in [0.25, 0.3) is 10.0 Å². The third-order valence-electron chi connectivity index (χ3n) is 6.35. The Labute approximate surface area is 230 Å². The lowest BCUT2D eigenvalue weighted by Gasteiger charge is -2.33. The number of sulfonamides is 1. The van der Waals surface area contributed by atoms with Crippen molar-refractivity contribution in [2.45, 2.75) is 49.6 Å². The number of likely N-dealkylation sites (N-methyl/N-ethyl adjacent to an activating group) is 1. The van der Waals surface area contributed by atoms with E-state index in [2.05, 4.69) is 5.32 Å². The Morgan fingerprint density at radius 3 is 1.95 bits per heavy atom. The molecule has 1 atom stereocenters. The van der Waals surface area contributed by atoms with Crippen molar-refractivity contribution in [2.24, 2.45) is 0 Å². The van der Waals surface area contributed by atoms with Crippen molar-refractivity contribution in [3.63, 3.8) is 0 Å². The number of thioether (sulfide) groups is 1. The van der Waals surface area contributed by atoms with E-state index in [-0.39, 0.29) is 17.3 Å². The zero-order valence-corrected chi connectivity index (χ0v) is 24.1. The monoisotopic (exact) mass is 553 g/mol. The fourth-order valence-electron chi connectivity index (χ4n) is 4.09. The van der Waals surface area contributed by atoms with Gasteiger partial charge in [0.15, 0.2) is 0 Å². The number of carbonyl (C=O) groups excluding carboxylic acids is 2. The highest BCUT2D eigenvalue weighted by Gasteiger charge is 2.33. The van der Waals surface area contributed by atoms with Crippen LogP contribution in [-0.4, -0.2) is 51.0 Å². The van der Waals surface area contributed by atoms with Crippen LogP contribution in [0.25, 0.3) is 0 Å². The van der Waals surface area contributed by atoms with E-state index < -0.39 is 28.5 Å². The van der Waals surface area contributed by atoms with E-state index in [1.165, 1.54) is 23.7 Å². The molecule has 0 aliphatic heterocycles. The average Bonchev–Trinajstić information content (AvgIpc) is 2.92. The Hall–Kier alpha value is -3.30. The number of benzene rings is 3. The van der Waals surface area contributed by atoms with E-state index in [1.807, 2.05) is 63.4 Å². The van der Waals surface area contributed by atoms with Crippen molar-refractivity contribution < 1.29 is 18.0 Å². The van der Waals surface area contributed by atoms with Crippen molar-refractivity contribution in [1.82, 2.24) is 10.2 Å². The van der Waals surface area contributed by atoms with Gasteiger partial charge in [-0.2, -0.15) is 0 Å². The third-order valence-corrected chi connectivity index (χ3v) is 8.89. The highest BCUT2D eigenvalue weighted by molar-refractivity contribution is 7.98. The second-order valence-corrected chi connectivity index (χ2v) is 11.8. The Balaban J connectivity index is 2.04. The average molecular weight is 554 g/mol. The summed E-state index contributed by atoms with van der Waals surface area (Å²) in [7, 11) is -2.55. The van der Waals surface area contributed by atoms with Crippen LogP contribution in [0, 0.1) is 13.8 Å². The fourth-order valence-corrected chi connectivity index (χ4v) is 5.91. The molecule has 202 valence electrons. The van der Waals surface area contributed by atoms with Crippen LogP contribution in [-0.2, 0) is 26.2 Å². The quantitative estimate of drug-likeness (QED) is 0.346. The van der Waals surface area contributed by atoms with Gasteiger partial charge in [0.05, 0.1) is 10.6 Å². The molecule has 0 heterocycles. The lowest BCUT2D eigenvalue weighted by atomic mass is 10.1. The standard InChI is InChI=1S/C29H35N3O4S2/c1-6-27(29(34)30-4)31(19-23-11-7-21(2)8-12-23)28(33)20-32(24-13-9-22(3)10-14-24)38(35,36)26-17-15-25(37-5)16-18-26/h7-18,27H,6,19-20H2,1-5H3,(H,30,34). The van der Waals surface area contributed by atoms with Crippen LogP contribution >= 0.6 is 11.8 Å². The van der Waals surface area contributed by atoms with Gasteiger partial charge in [-0.25, -0.2) is 8.42 Å². The normalized spacial score (nSPS) is 12.0. The van der Waals surface area contributed by atoms with Crippen LogP contribution in [0.15, 0.2) is 82.6 Å².